The zero-order chi connectivity index (χ0) is 44.5. The average Bonchev–Trinajstić information content (AvgIpc) is 3.36. The molecule has 0 unspecified atom stereocenters. The van der Waals surface area contributed by atoms with E-state index in [1.54, 1.807) is 0 Å². The molecule has 0 amide bonds. The summed E-state index contributed by atoms with van der Waals surface area (Å²) in [6.45, 7) is -0.967. The summed E-state index contributed by atoms with van der Waals surface area (Å²) in [7, 11) is -14.0. The van der Waals surface area contributed by atoms with E-state index in [4.69, 9.17) is 115 Å². The third kappa shape index (κ3) is 17.8. The molecule has 57 heavy (non-hydrogen) atoms. The second kappa shape index (κ2) is 22.6. The lowest BCUT2D eigenvalue weighted by molar-refractivity contribution is -0.306. The van der Waals surface area contributed by atoms with Gasteiger partial charge >= 0.3 is 31.2 Å². The van der Waals surface area contributed by atoms with Gasteiger partial charge in [0.05, 0.1) is 24.8 Å². The van der Waals surface area contributed by atoms with E-state index in [0.717, 1.165) is 0 Å². The Bertz CT molecular complexity index is 1440. The maximum absolute atomic E-state index is 11.1. The molecule has 4 rings (SSSR count). The molecule has 0 aromatic rings. The van der Waals surface area contributed by atoms with Crippen molar-refractivity contribution in [3.63, 3.8) is 0 Å². The molecule has 1 aliphatic carbocycles. The minimum atomic E-state index is -4.67. The topological polar surface area (TPSA) is 577 Å². The van der Waals surface area contributed by atoms with Gasteiger partial charge in [0.1, 0.15) is 67.1 Å². The molecular formula is C23H52N6O25S3. The molecule has 4 aliphatic rings. The smallest absolute Gasteiger partial charge is 0.394 e. The van der Waals surface area contributed by atoms with E-state index in [1.165, 1.54) is 0 Å². The van der Waals surface area contributed by atoms with E-state index in [9.17, 15) is 35.7 Å². The molecule has 0 aromatic carbocycles. The predicted octanol–water partition coefficient (Wildman–Crippen LogP) is -10.9. The SMILES string of the molecule is NC[C@@H]1O[C@H](O[C@H]2[C@@H](O)[C@H](O[C@@H]3[C@@H](O)[C@H](N)C[C@H](N)[C@H]3O[C@H]3O[C@H](CN)[C@@H](O)[C@H](O)[C@H]3N)O[C@@H]2CO)[C@H](N)[C@@H](O)[C@@H]1O.O=S(=O)(O)O.O=S(=O)(O)O.O=S(=O)(O)O. The fourth-order valence-corrected chi connectivity index (χ4v) is 5.74. The Labute approximate surface area is 324 Å². The van der Waals surface area contributed by atoms with E-state index in [2.05, 4.69) is 0 Å². The summed E-state index contributed by atoms with van der Waals surface area (Å²) in [5.74, 6) is 0. The Balaban J connectivity index is 0.000000921. The Morgan fingerprint density at radius 3 is 1.16 bits per heavy atom. The number of hydrogen-bond donors (Lipinski definition) is 19. The van der Waals surface area contributed by atoms with Gasteiger partial charge in [-0.25, -0.2) is 0 Å². The lowest BCUT2D eigenvalue weighted by atomic mass is 9.84. The minimum Gasteiger partial charge on any atom is -0.394 e. The molecule has 1 saturated carbocycles. The lowest BCUT2D eigenvalue weighted by Gasteiger charge is -2.47. The van der Waals surface area contributed by atoms with Crippen molar-refractivity contribution in [1.29, 1.82) is 0 Å². The summed E-state index contributed by atoms with van der Waals surface area (Å²) in [4.78, 5) is 0. The number of aliphatic hydroxyl groups is 7. The second-order valence-electron chi connectivity index (χ2n) is 12.6. The van der Waals surface area contributed by atoms with E-state index < -0.39 is 154 Å². The van der Waals surface area contributed by atoms with Gasteiger partial charge in [0.25, 0.3) is 0 Å². The van der Waals surface area contributed by atoms with Gasteiger partial charge in [-0.05, 0) is 6.42 Å². The quantitative estimate of drug-likeness (QED) is 0.0955. The van der Waals surface area contributed by atoms with Crippen molar-refractivity contribution in [3.8, 4) is 0 Å². The molecule has 34 heteroatoms. The van der Waals surface area contributed by atoms with Crippen LogP contribution in [0, 0.1) is 0 Å². The first kappa shape index (κ1) is 53.9. The van der Waals surface area contributed by atoms with Crippen LogP contribution in [0.4, 0.5) is 0 Å². The summed E-state index contributed by atoms with van der Waals surface area (Å²) in [6.07, 6.45) is -19.8. The normalized spacial score (nSPS) is 42.7. The standard InChI is InChI=1S/C23H46N6O13.3H2O4S/c24-2-7-13(32)15(34)10(28)21(37-7)40-18-6(27)1-5(26)12(31)20(18)42-23-17(36)19(9(4-30)39-23)41-22-11(29)16(35)14(33)8(3-25)38-22;3*1-5(2,3)4/h5-23,30-36H,1-4,24-29H2;3*(H2,1,2,3,4)/t5-,6+,7-,8+,9-,10-,11-,12+,13-,14-,15-,16-,17-,18-,19-,20-,21-,22-,23+;;;/m1.../s1. The Morgan fingerprint density at radius 1 is 0.474 bits per heavy atom. The highest BCUT2D eigenvalue weighted by atomic mass is 32.3. The third-order valence-corrected chi connectivity index (χ3v) is 8.37. The fourth-order valence-electron chi connectivity index (χ4n) is 5.74. The predicted molar refractivity (Wildman–Crippen MR) is 181 cm³/mol. The molecule has 4 fully saturated rings. The molecule has 0 aromatic heterocycles. The van der Waals surface area contributed by atoms with Crippen LogP contribution in [0.15, 0.2) is 0 Å². The Morgan fingerprint density at radius 2 is 0.807 bits per heavy atom. The van der Waals surface area contributed by atoms with Gasteiger partial charge in [0.15, 0.2) is 18.9 Å². The molecule has 31 nitrogen and oxygen atoms in total. The number of rotatable bonds is 9. The van der Waals surface area contributed by atoms with Gasteiger partial charge in [0.2, 0.25) is 0 Å². The zero-order valence-corrected chi connectivity index (χ0v) is 31.6. The first-order valence-corrected chi connectivity index (χ1v) is 20.2. The molecule has 342 valence electrons. The van der Waals surface area contributed by atoms with Crippen LogP contribution in [-0.4, -0.2) is 224 Å². The van der Waals surface area contributed by atoms with E-state index in [1.807, 2.05) is 0 Å². The van der Waals surface area contributed by atoms with Gasteiger partial charge in [-0.3, -0.25) is 27.3 Å². The van der Waals surface area contributed by atoms with Crippen molar-refractivity contribution < 1.29 is 117 Å². The van der Waals surface area contributed by atoms with Gasteiger partial charge in [-0.2, -0.15) is 25.3 Å². The first-order chi connectivity index (χ1) is 25.8. The molecule has 3 aliphatic heterocycles. The van der Waals surface area contributed by atoms with Crippen LogP contribution in [0.1, 0.15) is 6.42 Å². The van der Waals surface area contributed by atoms with Crippen molar-refractivity contribution in [2.45, 2.75) is 123 Å². The molecule has 19 atom stereocenters. The minimum absolute atomic E-state index is 0.0889. The summed E-state index contributed by atoms with van der Waals surface area (Å²) < 4.78 is 129. The van der Waals surface area contributed by atoms with Gasteiger partial charge in [-0.1, -0.05) is 0 Å². The number of hydrogen-bond acceptors (Lipinski definition) is 25. The van der Waals surface area contributed by atoms with Crippen molar-refractivity contribution >= 4 is 31.2 Å². The van der Waals surface area contributed by atoms with Gasteiger partial charge in [0, 0.05) is 25.2 Å². The van der Waals surface area contributed by atoms with E-state index in [-0.39, 0.29) is 19.5 Å². The molecule has 3 saturated heterocycles. The lowest BCUT2D eigenvalue weighted by Crippen LogP contribution is -2.68. The van der Waals surface area contributed by atoms with Crippen LogP contribution in [0.5, 0.6) is 0 Å². The van der Waals surface area contributed by atoms with E-state index >= 15 is 0 Å². The maximum Gasteiger partial charge on any atom is 0.394 e. The molecular weight excluding hydrogens is 856 g/mol. The molecule has 25 N–H and O–H groups in total. The average molecular weight is 909 g/mol. The van der Waals surface area contributed by atoms with Crippen LogP contribution in [-0.2, 0) is 59.6 Å². The number of aliphatic hydroxyl groups excluding tert-OH is 7. The van der Waals surface area contributed by atoms with E-state index in [0.29, 0.717) is 0 Å². The highest BCUT2D eigenvalue weighted by Gasteiger charge is 2.54. The van der Waals surface area contributed by atoms with Crippen LogP contribution in [0.25, 0.3) is 0 Å². The summed E-state index contributed by atoms with van der Waals surface area (Å²) >= 11 is 0. The molecule has 0 bridgehead atoms. The Hall–Kier alpha value is -1.15. The summed E-state index contributed by atoms with van der Waals surface area (Å²) in [5, 5.41) is 73.0. The van der Waals surface area contributed by atoms with Crippen LogP contribution in [0.2, 0.25) is 0 Å². The van der Waals surface area contributed by atoms with Gasteiger partial charge < -0.3 is 98.6 Å². The van der Waals surface area contributed by atoms with Crippen LogP contribution >= 0.6 is 0 Å². The molecule has 3 heterocycles. The first-order valence-electron chi connectivity index (χ1n) is 16.0. The number of nitrogens with two attached hydrogens (primary N) is 6. The Kier molecular flexibility index (Phi) is 21.4. The van der Waals surface area contributed by atoms with Crippen molar-refractivity contribution in [1.82, 2.24) is 0 Å². The summed E-state index contributed by atoms with van der Waals surface area (Å²) in [5.41, 5.74) is 35.6. The third-order valence-electron chi connectivity index (χ3n) is 8.37. The highest BCUT2D eigenvalue weighted by molar-refractivity contribution is 7.80. The molecule has 0 spiro atoms. The molecule has 0 radical (unpaired) electrons. The van der Waals surface area contributed by atoms with Crippen LogP contribution < -0.4 is 34.4 Å². The van der Waals surface area contributed by atoms with Crippen molar-refractivity contribution in [2.24, 2.45) is 34.4 Å². The fraction of sp³-hybridized carbons (Fsp3) is 1.00. The van der Waals surface area contributed by atoms with Gasteiger partial charge in [-0.15, -0.1) is 0 Å². The number of ether oxygens (including phenoxy) is 6. The zero-order valence-electron chi connectivity index (χ0n) is 29.2. The van der Waals surface area contributed by atoms with Crippen molar-refractivity contribution in [2.75, 3.05) is 19.7 Å². The van der Waals surface area contributed by atoms with Crippen molar-refractivity contribution in [3.05, 3.63) is 0 Å². The summed E-state index contributed by atoms with van der Waals surface area (Å²) in [6, 6.07) is -4.18. The second-order valence-corrected chi connectivity index (χ2v) is 15.3. The largest absolute Gasteiger partial charge is 0.394 e. The highest BCUT2D eigenvalue weighted by Crippen LogP contribution is 2.34. The monoisotopic (exact) mass is 908 g/mol. The maximum atomic E-state index is 11.1. The van der Waals surface area contributed by atoms with Crippen LogP contribution in [0.3, 0.4) is 0 Å².